The van der Waals surface area contributed by atoms with Crippen molar-refractivity contribution in [2.24, 2.45) is 0 Å². The Bertz CT molecular complexity index is 510. The van der Waals surface area contributed by atoms with Crippen LogP contribution in [0.15, 0.2) is 23.1 Å². The van der Waals surface area contributed by atoms with Gasteiger partial charge in [0.15, 0.2) is 0 Å². The molecule has 17 heavy (non-hydrogen) atoms. The van der Waals surface area contributed by atoms with Gasteiger partial charge >= 0.3 is 16.2 Å². The molecule has 0 heterocycles. The molecule has 1 N–H and O–H groups in total. The van der Waals surface area contributed by atoms with Crippen LogP contribution in [0.25, 0.3) is 0 Å². The van der Waals surface area contributed by atoms with Gasteiger partial charge in [-0.05, 0) is 19.1 Å². The molecule has 0 bridgehead atoms. The molecule has 0 aliphatic carbocycles. The Morgan fingerprint density at radius 3 is 2.35 bits per heavy atom. The van der Waals surface area contributed by atoms with Crippen molar-refractivity contribution in [3.8, 4) is 0 Å². The number of halogens is 2. The van der Waals surface area contributed by atoms with E-state index in [0.717, 1.165) is 0 Å². The second-order valence-corrected chi connectivity index (χ2v) is 5.20. The molecule has 0 fully saturated rings. The fourth-order valence-corrected chi connectivity index (χ4v) is 2.96. The predicted octanol–water partition coefficient (Wildman–Crippen LogP) is 2.43. The summed E-state index contributed by atoms with van der Waals surface area (Å²) in [6.07, 6.45) is -1.08. The van der Waals surface area contributed by atoms with E-state index >= 15 is 0 Å². The first-order valence-electron chi connectivity index (χ1n) is 4.55. The van der Waals surface area contributed by atoms with E-state index in [1.54, 1.807) is 6.92 Å². The second kappa shape index (κ2) is 5.57. The van der Waals surface area contributed by atoms with Crippen LogP contribution in [0.5, 0.6) is 0 Å². The number of nitrogens with one attached hydrogen (secondary N) is 1. The van der Waals surface area contributed by atoms with Crippen LogP contribution in [0.2, 0.25) is 10.0 Å². The quantitative estimate of drug-likeness (QED) is 0.870. The third kappa shape index (κ3) is 3.49. The normalized spacial score (nSPS) is 11.0. The summed E-state index contributed by atoms with van der Waals surface area (Å²) in [5.74, 6) is 0. The van der Waals surface area contributed by atoms with Crippen molar-refractivity contribution in [3.63, 3.8) is 0 Å². The van der Waals surface area contributed by atoms with E-state index in [1.165, 1.54) is 18.2 Å². The fraction of sp³-hybridized carbons (Fsp3) is 0.222. The Morgan fingerprint density at radius 1 is 1.35 bits per heavy atom. The van der Waals surface area contributed by atoms with Crippen LogP contribution in [0.4, 0.5) is 4.79 Å². The Morgan fingerprint density at radius 2 is 1.88 bits per heavy atom. The van der Waals surface area contributed by atoms with Crippen molar-refractivity contribution >= 4 is 39.4 Å². The van der Waals surface area contributed by atoms with Crippen molar-refractivity contribution in [1.82, 2.24) is 5.32 Å². The van der Waals surface area contributed by atoms with Gasteiger partial charge in [-0.15, -0.1) is 0 Å². The summed E-state index contributed by atoms with van der Waals surface area (Å²) in [6, 6.07) is 4.15. The Labute approximate surface area is 109 Å². The zero-order chi connectivity index (χ0) is 13.1. The number of carbonyl (C=O) groups excluding carboxylic acids is 1. The smallest absolute Gasteiger partial charge is 0.324 e. The first kappa shape index (κ1) is 14.1. The van der Waals surface area contributed by atoms with Crippen LogP contribution in [0.1, 0.15) is 6.92 Å². The standard InChI is InChI=1S/C9H9Cl2NO4S/c1-2-12-9(13)16-17(14,15)8-6(10)4-3-5-7(8)11/h3-5H,2H2,1H3,(H,12,13). The SMILES string of the molecule is CCNC(=O)OS(=O)(=O)c1c(Cl)cccc1Cl. The first-order valence-corrected chi connectivity index (χ1v) is 6.71. The highest BCUT2D eigenvalue weighted by Crippen LogP contribution is 2.30. The van der Waals surface area contributed by atoms with Gasteiger partial charge in [0.1, 0.15) is 4.90 Å². The zero-order valence-electron chi connectivity index (χ0n) is 8.74. The lowest BCUT2D eigenvalue weighted by atomic mass is 10.4. The molecule has 0 saturated carbocycles. The van der Waals surface area contributed by atoms with Gasteiger partial charge in [0, 0.05) is 6.54 Å². The largest absolute Gasteiger partial charge is 0.423 e. The highest BCUT2D eigenvalue weighted by atomic mass is 35.5. The molecule has 0 saturated heterocycles. The molecule has 0 radical (unpaired) electrons. The van der Waals surface area contributed by atoms with Crippen molar-refractivity contribution in [3.05, 3.63) is 28.2 Å². The van der Waals surface area contributed by atoms with Gasteiger partial charge in [0.25, 0.3) is 0 Å². The minimum absolute atomic E-state index is 0.109. The lowest BCUT2D eigenvalue weighted by molar-refractivity contribution is 0.203. The van der Waals surface area contributed by atoms with Gasteiger partial charge in [0.2, 0.25) is 0 Å². The van der Waals surface area contributed by atoms with Crippen LogP contribution in [0, 0.1) is 0 Å². The maximum atomic E-state index is 11.7. The summed E-state index contributed by atoms with van der Waals surface area (Å²) in [5, 5.41) is 1.96. The van der Waals surface area contributed by atoms with Crippen LogP contribution in [-0.2, 0) is 14.3 Å². The van der Waals surface area contributed by atoms with Crippen LogP contribution in [0.3, 0.4) is 0 Å². The van der Waals surface area contributed by atoms with E-state index in [4.69, 9.17) is 23.2 Å². The topological polar surface area (TPSA) is 72.5 Å². The molecule has 5 nitrogen and oxygen atoms in total. The number of benzene rings is 1. The van der Waals surface area contributed by atoms with E-state index in [9.17, 15) is 13.2 Å². The maximum Gasteiger partial charge on any atom is 0.423 e. The molecule has 0 atom stereocenters. The number of hydrogen-bond donors (Lipinski definition) is 1. The molecule has 1 aromatic rings. The van der Waals surface area contributed by atoms with Crippen LogP contribution in [-0.4, -0.2) is 21.1 Å². The zero-order valence-corrected chi connectivity index (χ0v) is 11.1. The summed E-state index contributed by atoms with van der Waals surface area (Å²) in [7, 11) is -4.32. The molecule has 1 aromatic carbocycles. The molecule has 0 aromatic heterocycles. The maximum absolute atomic E-state index is 11.7. The van der Waals surface area contributed by atoms with Crippen molar-refractivity contribution in [2.75, 3.05) is 6.54 Å². The minimum Gasteiger partial charge on any atom is -0.324 e. The van der Waals surface area contributed by atoms with Gasteiger partial charge in [-0.1, -0.05) is 29.3 Å². The van der Waals surface area contributed by atoms with Gasteiger partial charge in [-0.25, -0.2) is 4.79 Å². The third-order valence-electron chi connectivity index (χ3n) is 1.68. The van der Waals surface area contributed by atoms with Crippen LogP contribution < -0.4 is 5.32 Å². The van der Waals surface area contributed by atoms with Gasteiger partial charge < -0.3 is 9.50 Å². The Kier molecular flexibility index (Phi) is 4.62. The molecule has 94 valence electrons. The monoisotopic (exact) mass is 297 g/mol. The van der Waals surface area contributed by atoms with Crippen molar-refractivity contribution in [2.45, 2.75) is 11.8 Å². The Hall–Kier alpha value is -0.980. The highest BCUT2D eigenvalue weighted by Gasteiger charge is 2.25. The van der Waals surface area contributed by atoms with Crippen molar-refractivity contribution in [1.29, 1.82) is 0 Å². The number of carbonyl (C=O) groups is 1. The summed E-state index contributed by atoms with van der Waals surface area (Å²) in [5.41, 5.74) is 0. The van der Waals surface area contributed by atoms with Gasteiger partial charge in [-0.3, -0.25) is 0 Å². The van der Waals surface area contributed by atoms with Gasteiger partial charge in [-0.2, -0.15) is 8.42 Å². The first-order chi connectivity index (χ1) is 7.88. The van der Waals surface area contributed by atoms with E-state index in [1.807, 2.05) is 0 Å². The highest BCUT2D eigenvalue weighted by molar-refractivity contribution is 7.87. The summed E-state index contributed by atoms with van der Waals surface area (Å²) in [6.45, 7) is 1.86. The summed E-state index contributed by atoms with van der Waals surface area (Å²) >= 11 is 11.4. The van der Waals surface area contributed by atoms with E-state index in [2.05, 4.69) is 9.50 Å². The average molecular weight is 298 g/mol. The molecular formula is C9H9Cl2NO4S. The molecule has 0 spiro atoms. The summed E-state index contributed by atoms with van der Waals surface area (Å²) in [4.78, 5) is 10.6. The number of hydrogen-bond acceptors (Lipinski definition) is 4. The molecule has 0 unspecified atom stereocenters. The molecule has 1 rings (SSSR count). The molecule has 0 aliphatic heterocycles. The fourth-order valence-electron chi connectivity index (χ4n) is 1.04. The molecule has 8 heteroatoms. The lowest BCUT2D eigenvalue weighted by Gasteiger charge is -2.08. The van der Waals surface area contributed by atoms with Crippen molar-refractivity contribution < 1.29 is 17.4 Å². The summed E-state index contributed by atoms with van der Waals surface area (Å²) < 4.78 is 27.7. The third-order valence-corrected chi connectivity index (χ3v) is 3.84. The minimum atomic E-state index is -4.32. The lowest BCUT2D eigenvalue weighted by Crippen LogP contribution is -2.26. The Balaban J connectivity index is 3.10. The second-order valence-electron chi connectivity index (χ2n) is 2.91. The van der Waals surface area contributed by atoms with Gasteiger partial charge in [0.05, 0.1) is 10.0 Å². The van der Waals surface area contributed by atoms with E-state index in [0.29, 0.717) is 0 Å². The predicted molar refractivity (Wildman–Crippen MR) is 63.8 cm³/mol. The molecule has 1 amide bonds. The van der Waals surface area contributed by atoms with Crippen LogP contribution >= 0.6 is 23.2 Å². The number of rotatable bonds is 3. The average Bonchev–Trinajstić information content (AvgIpc) is 2.15. The van der Waals surface area contributed by atoms with E-state index in [-0.39, 0.29) is 16.6 Å². The van der Waals surface area contributed by atoms with E-state index < -0.39 is 21.1 Å². The molecule has 0 aliphatic rings. The number of amides is 1. The molecular weight excluding hydrogens is 289 g/mol.